The average molecular weight is 137 g/mol. The van der Waals surface area contributed by atoms with E-state index in [0.29, 0.717) is 12.0 Å². The van der Waals surface area contributed by atoms with Gasteiger partial charge in [-0.1, -0.05) is 31.2 Å². The minimum atomic E-state index is 0.397. The van der Waals surface area contributed by atoms with Crippen molar-refractivity contribution in [1.82, 2.24) is 0 Å². The van der Waals surface area contributed by atoms with Crippen molar-refractivity contribution in [3.8, 4) is 0 Å². The van der Waals surface area contributed by atoms with Gasteiger partial charge in [-0.05, 0) is 18.8 Å². The van der Waals surface area contributed by atoms with Gasteiger partial charge in [-0.25, -0.2) is 0 Å². The van der Waals surface area contributed by atoms with Gasteiger partial charge in [-0.15, -0.1) is 0 Å². The Balaban J connectivity index is 2.29. The second-order valence-electron chi connectivity index (χ2n) is 2.89. The van der Waals surface area contributed by atoms with Crippen molar-refractivity contribution in [3.05, 3.63) is 24.3 Å². The molecular weight excluding hydrogens is 122 g/mol. The molecule has 56 valence electrons. The molecule has 0 aliphatic heterocycles. The van der Waals surface area contributed by atoms with Gasteiger partial charge < -0.3 is 5.73 Å². The minimum absolute atomic E-state index is 0.397. The molecule has 0 spiro atoms. The first-order valence-corrected chi connectivity index (χ1v) is 3.86. The maximum absolute atomic E-state index is 5.64. The molecule has 1 aliphatic rings. The molecule has 1 fully saturated rings. The normalized spacial score (nSPS) is 31.0. The largest absolute Gasteiger partial charge is 0.327 e. The van der Waals surface area contributed by atoms with E-state index in [1.165, 1.54) is 5.57 Å². The van der Waals surface area contributed by atoms with E-state index in [-0.39, 0.29) is 0 Å². The van der Waals surface area contributed by atoms with Gasteiger partial charge in [-0.3, -0.25) is 0 Å². The van der Waals surface area contributed by atoms with E-state index in [2.05, 4.69) is 25.7 Å². The summed E-state index contributed by atoms with van der Waals surface area (Å²) in [5, 5.41) is 0. The first-order valence-electron chi connectivity index (χ1n) is 3.86. The smallest absolute Gasteiger partial charge is 0.0115 e. The summed E-state index contributed by atoms with van der Waals surface area (Å²) in [4.78, 5) is 0. The second kappa shape index (κ2) is 3.02. The molecule has 1 nitrogen and oxygen atoms in total. The Morgan fingerprint density at radius 3 is 2.80 bits per heavy atom. The maximum Gasteiger partial charge on any atom is 0.0115 e. The first kappa shape index (κ1) is 7.55. The molecule has 2 atom stereocenters. The summed E-state index contributed by atoms with van der Waals surface area (Å²) in [5.41, 5.74) is 6.85. The van der Waals surface area contributed by atoms with Crippen molar-refractivity contribution in [1.29, 1.82) is 0 Å². The molecule has 0 unspecified atom stereocenters. The van der Waals surface area contributed by atoms with Gasteiger partial charge in [0.25, 0.3) is 0 Å². The molecule has 1 rings (SSSR count). The summed E-state index contributed by atoms with van der Waals surface area (Å²) in [7, 11) is 0. The van der Waals surface area contributed by atoms with Gasteiger partial charge in [-0.2, -0.15) is 0 Å². The van der Waals surface area contributed by atoms with Crippen LogP contribution in [0.5, 0.6) is 0 Å². The van der Waals surface area contributed by atoms with Crippen LogP contribution in [0.25, 0.3) is 0 Å². The zero-order chi connectivity index (χ0) is 7.56. The lowest BCUT2D eigenvalue weighted by atomic mass is 10.1. The molecule has 0 bridgehead atoms. The van der Waals surface area contributed by atoms with Crippen LogP contribution in [0.1, 0.15) is 19.8 Å². The van der Waals surface area contributed by atoms with Crippen molar-refractivity contribution >= 4 is 0 Å². The van der Waals surface area contributed by atoms with E-state index in [9.17, 15) is 0 Å². The fraction of sp³-hybridized carbons (Fsp3) is 0.556. The van der Waals surface area contributed by atoms with Crippen molar-refractivity contribution in [2.24, 2.45) is 11.7 Å². The number of hydrogen-bond donors (Lipinski definition) is 1. The van der Waals surface area contributed by atoms with E-state index in [1.807, 2.05) is 0 Å². The lowest BCUT2D eigenvalue weighted by Gasteiger charge is -1.93. The second-order valence-corrected chi connectivity index (χ2v) is 2.89. The van der Waals surface area contributed by atoms with E-state index >= 15 is 0 Å². The molecule has 0 aromatic rings. The van der Waals surface area contributed by atoms with Gasteiger partial charge in [0.2, 0.25) is 0 Å². The van der Waals surface area contributed by atoms with Crippen molar-refractivity contribution in [2.45, 2.75) is 25.8 Å². The summed E-state index contributed by atoms with van der Waals surface area (Å²) in [6.45, 7) is 6.06. The fourth-order valence-corrected chi connectivity index (χ4v) is 1.03. The van der Waals surface area contributed by atoms with E-state index in [4.69, 9.17) is 5.73 Å². The Labute approximate surface area is 62.6 Å². The molecule has 0 saturated heterocycles. The van der Waals surface area contributed by atoms with E-state index in [0.717, 1.165) is 12.8 Å². The predicted molar refractivity (Wildman–Crippen MR) is 44.7 cm³/mol. The highest BCUT2D eigenvalue weighted by Crippen LogP contribution is 2.34. The minimum Gasteiger partial charge on any atom is -0.327 e. The monoisotopic (exact) mass is 137 g/mol. The van der Waals surface area contributed by atoms with E-state index < -0.39 is 0 Å². The maximum atomic E-state index is 5.64. The number of nitrogens with two attached hydrogens (primary N) is 1. The van der Waals surface area contributed by atoms with Gasteiger partial charge in [0.15, 0.2) is 0 Å². The Kier molecular flexibility index (Phi) is 2.28. The Hall–Kier alpha value is -0.560. The average Bonchev–Trinajstić information content (AvgIpc) is 2.62. The molecule has 0 amide bonds. The van der Waals surface area contributed by atoms with Crippen LogP contribution < -0.4 is 5.73 Å². The van der Waals surface area contributed by atoms with Gasteiger partial charge in [0.1, 0.15) is 0 Å². The third kappa shape index (κ3) is 1.71. The molecule has 10 heavy (non-hydrogen) atoms. The predicted octanol–water partition coefficient (Wildman–Crippen LogP) is 1.86. The highest BCUT2D eigenvalue weighted by Gasteiger charge is 2.34. The highest BCUT2D eigenvalue weighted by atomic mass is 14.7. The number of allylic oxidation sites excluding steroid dienone is 2. The molecule has 0 aromatic carbocycles. The topological polar surface area (TPSA) is 26.0 Å². The van der Waals surface area contributed by atoms with Crippen LogP contribution >= 0.6 is 0 Å². The van der Waals surface area contributed by atoms with Crippen LogP contribution in [-0.4, -0.2) is 6.04 Å². The summed E-state index contributed by atoms with van der Waals surface area (Å²) in [5.74, 6) is 0.586. The van der Waals surface area contributed by atoms with Crippen molar-refractivity contribution in [3.63, 3.8) is 0 Å². The number of hydrogen-bond acceptors (Lipinski definition) is 1. The summed E-state index contributed by atoms with van der Waals surface area (Å²) in [6, 6.07) is 0.397. The quantitative estimate of drug-likeness (QED) is 0.590. The Bertz CT molecular complexity index is 158. The highest BCUT2D eigenvalue weighted by molar-refractivity contribution is 5.25. The lowest BCUT2D eigenvalue weighted by Crippen LogP contribution is -2.01. The Morgan fingerprint density at radius 1 is 1.80 bits per heavy atom. The van der Waals surface area contributed by atoms with Crippen molar-refractivity contribution < 1.29 is 0 Å². The molecule has 0 heterocycles. The molecule has 2 N–H and O–H groups in total. The zero-order valence-electron chi connectivity index (χ0n) is 6.51. The summed E-state index contributed by atoms with van der Waals surface area (Å²) in [6.07, 6.45) is 6.44. The van der Waals surface area contributed by atoms with Crippen LogP contribution in [0.3, 0.4) is 0 Å². The van der Waals surface area contributed by atoms with Crippen LogP contribution in [-0.2, 0) is 0 Å². The third-order valence-electron chi connectivity index (χ3n) is 1.88. The van der Waals surface area contributed by atoms with E-state index in [1.54, 1.807) is 0 Å². The fourth-order valence-electron chi connectivity index (χ4n) is 1.03. The van der Waals surface area contributed by atoms with Crippen LogP contribution in [0.2, 0.25) is 0 Å². The Morgan fingerprint density at radius 2 is 2.40 bits per heavy atom. The molecule has 1 saturated carbocycles. The van der Waals surface area contributed by atoms with Gasteiger partial charge >= 0.3 is 0 Å². The molecule has 0 aromatic heterocycles. The summed E-state index contributed by atoms with van der Waals surface area (Å²) < 4.78 is 0. The molecular formula is C9H15N. The lowest BCUT2D eigenvalue weighted by molar-refractivity contribution is 0.943. The van der Waals surface area contributed by atoms with Crippen LogP contribution in [0, 0.1) is 5.92 Å². The van der Waals surface area contributed by atoms with Gasteiger partial charge in [0.05, 0.1) is 0 Å². The standard InChI is InChI=1S/C9H15N/c1-3-4-5-7(2)8-6-9(8)10/h4-5,8-9H,2-3,6,10H2,1H3/b5-4-/t8-,9+/m1/s1. The molecule has 1 aliphatic carbocycles. The van der Waals surface area contributed by atoms with Gasteiger partial charge in [0, 0.05) is 6.04 Å². The molecule has 0 radical (unpaired) electrons. The summed E-state index contributed by atoms with van der Waals surface area (Å²) >= 11 is 0. The van der Waals surface area contributed by atoms with Crippen molar-refractivity contribution in [2.75, 3.05) is 0 Å². The third-order valence-corrected chi connectivity index (χ3v) is 1.88. The molecule has 1 heteroatoms. The zero-order valence-corrected chi connectivity index (χ0v) is 6.51. The first-order chi connectivity index (χ1) is 4.75. The van der Waals surface area contributed by atoms with Crippen LogP contribution in [0.4, 0.5) is 0 Å². The van der Waals surface area contributed by atoms with Crippen LogP contribution in [0.15, 0.2) is 24.3 Å². The number of rotatable bonds is 3. The SMILES string of the molecule is C=C(/C=C\CC)[C@H]1C[C@@H]1N.